The Bertz CT molecular complexity index is 2240. The van der Waals surface area contributed by atoms with Crippen molar-refractivity contribution in [2.45, 2.75) is 117 Å². The molecule has 6 aromatic rings. The highest BCUT2D eigenvalue weighted by Crippen LogP contribution is 2.46. The molecule has 0 amide bonds. The number of hydrogen-bond donors (Lipinski definition) is 0. The topological polar surface area (TPSA) is 30.2 Å². The summed E-state index contributed by atoms with van der Waals surface area (Å²) in [6, 6.07) is 42.2. The van der Waals surface area contributed by atoms with E-state index in [9.17, 15) is 4.79 Å². The van der Waals surface area contributed by atoms with E-state index in [-0.39, 0.29) is 5.63 Å². The average Bonchev–Trinajstić information content (AvgIpc) is 3.28. The molecule has 4 aliphatic rings. The Kier molecular flexibility index (Phi) is 12.5. The van der Waals surface area contributed by atoms with Crippen LogP contribution in [0.25, 0.3) is 44.7 Å². The maximum atomic E-state index is 12.7. The van der Waals surface area contributed by atoms with E-state index in [0.717, 1.165) is 48.1 Å². The first kappa shape index (κ1) is 38.7. The highest BCUT2D eigenvalue weighted by atomic mass is 16.4. The molecule has 2 nitrogen and oxygen atoms in total. The quantitative estimate of drug-likeness (QED) is 0.168. The number of hydrogen-bond acceptors (Lipinski definition) is 2. The Balaban J connectivity index is 0.000000135. The van der Waals surface area contributed by atoms with Crippen LogP contribution in [0.1, 0.15) is 111 Å². The molecular formula is C55H58O2. The molecule has 290 valence electrons. The fourth-order valence-electron chi connectivity index (χ4n) is 9.87. The lowest BCUT2D eigenvalue weighted by molar-refractivity contribution is 0.510. The Morgan fingerprint density at radius 1 is 0.333 bits per heavy atom. The van der Waals surface area contributed by atoms with Gasteiger partial charge >= 0.3 is 5.63 Å². The second kappa shape index (κ2) is 18.4. The molecule has 1 heterocycles. The minimum Gasteiger partial charge on any atom is -0.422 e. The molecule has 5 aromatic carbocycles. The Morgan fingerprint density at radius 2 is 0.614 bits per heavy atom. The van der Waals surface area contributed by atoms with Crippen molar-refractivity contribution in [2.75, 3.05) is 0 Å². The molecule has 10 rings (SSSR count). The summed E-state index contributed by atoms with van der Waals surface area (Å²) in [6.07, 6.45) is 20.1. The summed E-state index contributed by atoms with van der Waals surface area (Å²) in [5.41, 5.74) is 20.8. The Labute approximate surface area is 340 Å². The summed E-state index contributed by atoms with van der Waals surface area (Å²) >= 11 is 0. The highest BCUT2D eigenvalue weighted by Gasteiger charge is 2.28. The van der Waals surface area contributed by atoms with Crippen molar-refractivity contribution >= 4 is 0 Å². The lowest BCUT2D eigenvalue weighted by atomic mass is 9.73. The van der Waals surface area contributed by atoms with Crippen molar-refractivity contribution < 1.29 is 4.42 Å². The number of allylic oxidation sites excluding steroid dienone is 2. The van der Waals surface area contributed by atoms with E-state index in [4.69, 9.17) is 4.42 Å². The Hall–Kier alpha value is -5.21. The molecule has 0 saturated carbocycles. The smallest absolute Gasteiger partial charge is 0.344 e. The maximum absolute atomic E-state index is 12.7. The van der Waals surface area contributed by atoms with E-state index in [1.165, 1.54) is 99.3 Å². The molecule has 0 atom stereocenters. The second-order valence-electron chi connectivity index (χ2n) is 16.6. The summed E-state index contributed by atoms with van der Waals surface area (Å²) in [5, 5.41) is 0. The SMILES string of the molecule is CC1=C(C)CCCC1.O=c1oc(-c2ccccc2)c2c(c1-c1ccccc1)CCCC2.c1ccc(-c2c3c(c(-c4ccccc4)c4c2CCCC4)CCCC3)cc1. The Morgan fingerprint density at radius 3 is 0.965 bits per heavy atom. The molecule has 0 spiro atoms. The molecule has 0 bridgehead atoms. The van der Waals surface area contributed by atoms with Gasteiger partial charge in [0.2, 0.25) is 0 Å². The third kappa shape index (κ3) is 8.57. The van der Waals surface area contributed by atoms with Gasteiger partial charge < -0.3 is 4.42 Å². The van der Waals surface area contributed by atoms with Crippen LogP contribution in [-0.2, 0) is 38.5 Å². The first-order valence-corrected chi connectivity index (χ1v) is 21.8. The molecule has 0 radical (unpaired) electrons. The highest BCUT2D eigenvalue weighted by molar-refractivity contribution is 5.84. The fourth-order valence-corrected chi connectivity index (χ4v) is 9.87. The third-order valence-electron chi connectivity index (χ3n) is 12.9. The molecule has 2 heteroatoms. The van der Waals surface area contributed by atoms with Crippen molar-refractivity contribution in [1.82, 2.24) is 0 Å². The minimum absolute atomic E-state index is 0.226. The van der Waals surface area contributed by atoms with Crippen LogP contribution in [0.3, 0.4) is 0 Å². The molecule has 0 aliphatic heterocycles. The molecule has 0 saturated heterocycles. The van der Waals surface area contributed by atoms with Gasteiger partial charge in [0.05, 0.1) is 5.56 Å². The first-order chi connectivity index (χ1) is 28.1. The fraction of sp³-hybridized carbons (Fsp3) is 0.327. The second-order valence-corrected chi connectivity index (χ2v) is 16.6. The average molecular weight is 751 g/mol. The van der Waals surface area contributed by atoms with E-state index < -0.39 is 0 Å². The van der Waals surface area contributed by atoms with Crippen LogP contribution in [0.15, 0.2) is 142 Å². The molecule has 0 unspecified atom stereocenters. The van der Waals surface area contributed by atoms with Crippen LogP contribution < -0.4 is 5.63 Å². The van der Waals surface area contributed by atoms with Crippen LogP contribution in [0.5, 0.6) is 0 Å². The molecule has 57 heavy (non-hydrogen) atoms. The van der Waals surface area contributed by atoms with Crippen molar-refractivity contribution in [1.29, 1.82) is 0 Å². The van der Waals surface area contributed by atoms with Gasteiger partial charge in [0.1, 0.15) is 5.76 Å². The zero-order chi connectivity index (χ0) is 39.0. The van der Waals surface area contributed by atoms with Crippen molar-refractivity contribution in [3.05, 3.63) is 176 Å². The van der Waals surface area contributed by atoms with Gasteiger partial charge in [-0.3, -0.25) is 0 Å². The van der Waals surface area contributed by atoms with Crippen molar-refractivity contribution in [2.24, 2.45) is 0 Å². The molecule has 4 aliphatic carbocycles. The van der Waals surface area contributed by atoms with E-state index in [1.54, 1.807) is 44.5 Å². The van der Waals surface area contributed by atoms with Gasteiger partial charge in [-0.25, -0.2) is 4.79 Å². The van der Waals surface area contributed by atoms with Gasteiger partial charge in [0.15, 0.2) is 0 Å². The largest absolute Gasteiger partial charge is 0.422 e. The summed E-state index contributed by atoms with van der Waals surface area (Å²) in [5.74, 6) is 0.755. The van der Waals surface area contributed by atoms with Crippen molar-refractivity contribution in [3.8, 4) is 44.7 Å². The summed E-state index contributed by atoms with van der Waals surface area (Å²) < 4.78 is 5.79. The summed E-state index contributed by atoms with van der Waals surface area (Å²) in [7, 11) is 0. The molecule has 0 fully saturated rings. The molecular weight excluding hydrogens is 693 g/mol. The monoisotopic (exact) mass is 750 g/mol. The number of fused-ring (bicyclic) bond motifs is 3. The van der Waals surface area contributed by atoms with Gasteiger partial charge in [-0.1, -0.05) is 132 Å². The van der Waals surface area contributed by atoms with Crippen LogP contribution in [0, 0.1) is 0 Å². The van der Waals surface area contributed by atoms with Gasteiger partial charge in [-0.15, -0.1) is 0 Å². The lowest BCUT2D eigenvalue weighted by Crippen LogP contribution is -2.15. The molecule has 0 N–H and O–H groups in total. The minimum atomic E-state index is -0.226. The maximum Gasteiger partial charge on any atom is 0.344 e. The molecule has 1 aromatic heterocycles. The standard InChI is InChI=1S/C26H26.C21H18O2.C8H14/c1-3-11-19(12-4-1)25-21-15-7-9-17-23(21)26(20-13-5-2-6-14-20)24-18-10-8-16-22(24)25;22-21-19(15-9-3-1-4-10-15)17-13-7-8-14-18(17)20(23-21)16-11-5-2-6-12-16;1-7-5-3-4-6-8(7)2/h1-6,11-14H,7-10,15-18H2;1-6,9-12H,7-8,13-14H2;3-6H2,1-2H3. The van der Waals surface area contributed by atoms with Crippen LogP contribution >= 0.6 is 0 Å². The van der Waals surface area contributed by atoms with Gasteiger partial charge in [-0.2, -0.15) is 0 Å². The lowest BCUT2D eigenvalue weighted by Gasteiger charge is -2.31. The first-order valence-electron chi connectivity index (χ1n) is 21.8. The van der Waals surface area contributed by atoms with Gasteiger partial charge in [-0.05, 0) is 178 Å². The van der Waals surface area contributed by atoms with E-state index in [2.05, 4.69) is 74.5 Å². The normalized spacial score (nSPS) is 15.8. The predicted octanol–water partition coefficient (Wildman–Crippen LogP) is 14.5. The number of rotatable bonds is 4. The van der Waals surface area contributed by atoms with E-state index in [0.29, 0.717) is 0 Å². The van der Waals surface area contributed by atoms with Crippen LogP contribution in [0.2, 0.25) is 0 Å². The van der Waals surface area contributed by atoms with Gasteiger partial charge in [0.25, 0.3) is 0 Å². The van der Waals surface area contributed by atoms with E-state index >= 15 is 0 Å². The van der Waals surface area contributed by atoms with Crippen LogP contribution in [0.4, 0.5) is 0 Å². The summed E-state index contributed by atoms with van der Waals surface area (Å²) in [6.45, 7) is 4.52. The zero-order valence-corrected chi connectivity index (χ0v) is 34.2. The van der Waals surface area contributed by atoms with Crippen molar-refractivity contribution in [3.63, 3.8) is 0 Å². The van der Waals surface area contributed by atoms with Crippen LogP contribution in [-0.4, -0.2) is 0 Å². The summed E-state index contributed by atoms with van der Waals surface area (Å²) in [4.78, 5) is 12.7. The zero-order valence-electron chi connectivity index (χ0n) is 34.2. The third-order valence-corrected chi connectivity index (χ3v) is 12.9. The van der Waals surface area contributed by atoms with Gasteiger partial charge in [0, 0.05) is 5.56 Å². The predicted molar refractivity (Wildman–Crippen MR) is 240 cm³/mol. The number of benzene rings is 5. The van der Waals surface area contributed by atoms with E-state index in [1.807, 2.05) is 60.7 Å².